The molecule has 1 aliphatic rings. The van der Waals surface area contributed by atoms with Crippen LogP contribution in [0, 0.1) is 5.92 Å². The van der Waals surface area contributed by atoms with Crippen molar-refractivity contribution in [1.82, 2.24) is 5.32 Å². The second-order valence-electron chi connectivity index (χ2n) is 12.1. The Hall–Kier alpha value is -4.39. The summed E-state index contributed by atoms with van der Waals surface area (Å²) in [7, 11) is 0. The lowest BCUT2D eigenvalue weighted by Crippen LogP contribution is -2.23. The number of carbonyl (C=O) groups is 2. The molecular formula is C38H40F3NO3. The van der Waals surface area contributed by atoms with Crippen LogP contribution in [0.3, 0.4) is 0 Å². The highest BCUT2D eigenvalue weighted by molar-refractivity contribution is 5.95. The van der Waals surface area contributed by atoms with Crippen molar-refractivity contribution in [2.45, 2.75) is 72.0 Å². The first-order valence-corrected chi connectivity index (χ1v) is 15.2. The van der Waals surface area contributed by atoms with Crippen LogP contribution in [-0.4, -0.2) is 17.0 Å². The van der Waals surface area contributed by atoms with Crippen molar-refractivity contribution in [2.75, 3.05) is 0 Å². The van der Waals surface area contributed by atoms with E-state index in [0.717, 1.165) is 52.8 Å². The average Bonchev–Trinajstić information content (AvgIpc) is 3.02. The number of rotatable bonds is 10. The van der Waals surface area contributed by atoms with E-state index in [2.05, 4.69) is 44.3 Å². The zero-order chi connectivity index (χ0) is 32.9. The number of hydrogen-bond donors (Lipinski definition) is 2. The van der Waals surface area contributed by atoms with Gasteiger partial charge in [0.1, 0.15) is 0 Å². The minimum Gasteiger partial charge on any atom is -0.478 e. The van der Waals surface area contributed by atoms with E-state index in [1.165, 1.54) is 17.7 Å². The van der Waals surface area contributed by atoms with Gasteiger partial charge in [0.2, 0.25) is 0 Å². The predicted octanol–water partition coefficient (Wildman–Crippen LogP) is 9.95. The summed E-state index contributed by atoms with van der Waals surface area (Å²) in [5.74, 6) is -0.716. The van der Waals surface area contributed by atoms with E-state index in [0.29, 0.717) is 16.7 Å². The Kier molecular flexibility index (Phi) is 10.5. The summed E-state index contributed by atoms with van der Waals surface area (Å²) in [6, 6.07) is 17.7. The molecule has 7 heteroatoms. The van der Waals surface area contributed by atoms with E-state index in [4.69, 9.17) is 0 Å². The van der Waals surface area contributed by atoms with Crippen molar-refractivity contribution in [1.29, 1.82) is 0 Å². The maximum absolute atomic E-state index is 13.1. The van der Waals surface area contributed by atoms with E-state index in [9.17, 15) is 27.9 Å². The molecule has 4 rings (SSSR count). The number of nitrogens with one attached hydrogen (secondary N) is 1. The van der Waals surface area contributed by atoms with Crippen molar-refractivity contribution in [3.8, 4) is 0 Å². The third-order valence-corrected chi connectivity index (χ3v) is 8.87. The smallest absolute Gasteiger partial charge is 0.416 e. The molecule has 0 saturated heterocycles. The Morgan fingerprint density at radius 3 is 2.24 bits per heavy atom. The predicted molar refractivity (Wildman–Crippen MR) is 173 cm³/mol. The number of carboxylic acid groups (broad SMARTS) is 1. The maximum Gasteiger partial charge on any atom is 0.416 e. The van der Waals surface area contributed by atoms with Gasteiger partial charge in [-0.15, -0.1) is 0 Å². The number of carboxylic acids is 1. The Morgan fingerprint density at radius 2 is 1.64 bits per heavy atom. The molecule has 1 amide bonds. The van der Waals surface area contributed by atoms with Crippen LogP contribution >= 0.6 is 0 Å². The second kappa shape index (κ2) is 14.1. The number of aromatic carboxylic acids is 1. The quantitative estimate of drug-likeness (QED) is 0.239. The standard InChI is InChI=1S/C38H40F3NO3/c1-23(2)25(4)35-21-30(36(43)42-22-28-12-17-31(18-13-28)38(39,40)41)16-19-32(35)26(5)24(3)20-27-10-14-29(15-11-27)33-8-6-7-9-34(33)37(44)45/h6-14,16-19,21,24,26,29H,15,20,22H2,1-5H3,(H,42,43)(H,44,45). The van der Waals surface area contributed by atoms with E-state index in [1.807, 2.05) is 44.2 Å². The molecular weight excluding hydrogens is 575 g/mol. The highest BCUT2D eigenvalue weighted by Crippen LogP contribution is 2.37. The SMILES string of the molecule is CC(C)=C(C)c1cc(C(=O)NCc2ccc(C(F)(F)F)cc2)ccc1C(C)C(C)CC1=CCC(c2ccccc2C(=O)O)C=C1. The Labute approximate surface area is 263 Å². The summed E-state index contributed by atoms with van der Waals surface area (Å²) in [6.07, 6.45) is 3.62. The van der Waals surface area contributed by atoms with Gasteiger partial charge in [-0.2, -0.15) is 13.2 Å². The molecule has 0 bridgehead atoms. The zero-order valence-electron chi connectivity index (χ0n) is 26.3. The second-order valence-corrected chi connectivity index (χ2v) is 12.1. The van der Waals surface area contributed by atoms with E-state index < -0.39 is 17.7 Å². The van der Waals surface area contributed by atoms with Crippen LogP contribution in [0.4, 0.5) is 13.2 Å². The van der Waals surface area contributed by atoms with E-state index in [1.54, 1.807) is 12.1 Å². The van der Waals surface area contributed by atoms with Crippen LogP contribution in [0.5, 0.6) is 0 Å². The first kappa shape index (κ1) is 33.5. The van der Waals surface area contributed by atoms with Crippen molar-refractivity contribution >= 4 is 17.4 Å². The molecule has 0 aliphatic heterocycles. The highest BCUT2D eigenvalue weighted by Gasteiger charge is 2.30. The average molecular weight is 616 g/mol. The number of amides is 1. The van der Waals surface area contributed by atoms with Crippen molar-refractivity contribution in [3.05, 3.63) is 135 Å². The Balaban J connectivity index is 1.46. The van der Waals surface area contributed by atoms with Crippen molar-refractivity contribution in [3.63, 3.8) is 0 Å². The fourth-order valence-electron chi connectivity index (χ4n) is 5.70. The normalized spacial score (nSPS) is 16.0. The van der Waals surface area contributed by atoms with E-state index in [-0.39, 0.29) is 30.2 Å². The van der Waals surface area contributed by atoms with Gasteiger partial charge >= 0.3 is 12.1 Å². The number of allylic oxidation sites excluding steroid dienone is 6. The molecule has 45 heavy (non-hydrogen) atoms. The number of alkyl halides is 3. The first-order valence-electron chi connectivity index (χ1n) is 15.2. The summed E-state index contributed by atoms with van der Waals surface area (Å²) in [6.45, 7) is 10.7. The molecule has 3 aromatic carbocycles. The van der Waals surface area contributed by atoms with Gasteiger partial charge in [0.25, 0.3) is 5.91 Å². The molecule has 1 aliphatic carbocycles. The molecule has 0 aromatic heterocycles. The van der Waals surface area contributed by atoms with Crippen LogP contribution in [0.15, 0.2) is 96.1 Å². The van der Waals surface area contributed by atoms with Gasteiger partial charge in [-0.1, -0.05) is 79.6 Å². The molecule has 2 N–H and O–H groups in total. The first-order chi connectivity index (χ1) is 21.3. The van der Waals surface area contributed by atoms with Crippen LogP contribution in [0.2, 0.25) is 0 Å². The number of hydrogen-bond acceptors (Lipinski definition) is 2. The molecule has 0 fully saturated rings. The van der Waals surface area contributed by atoms with Gasteiger partial charge in [0.05, 0.1) is 11.1 Å². The zero-order valence-corrected chi connectivity index (χ0v) is 26.3. The van der Waals surface area contributed by atoms with Crippen molar-refractivity contribution in [2.24, 2.45) is 5.92 Å². The largest absolute Gasteiger partial charge is 0.478 e. The van der Waals surface area contributed by atoms with Gasteiger partial charge in [-0.25, -0.2) is 4.79 Å². The number of benzene rings is 3. The molecule has 3 unspecified atom stereocenters. The fourth-order valence-corrected chi connectivity index (χ4v) is 5.70. The third-order valence-electron chi connectivity index (χ3n) is 8.87. The minimum atomic E-state index is -4.40. The molecule has 0 radical (unpaired) electrons. The summed E-state index contributed by atoms with van der Waals surface area (Å²) < 4.78 is 38.6. The minimum absolute atomic E-state index is 0.0265. The summed E-state index contributed by atoms with van der Waals surface area (Å²) in [4.78, 5) is 24.8. The lowest BCUT2D eigenvalue weighted by atomic mass is 9.79. The molecule has 3 atom stereocenters. The third kappa shape index (κ3) is 8.21. The Morgan fingerprint density at radius 1 is 0.956 bits per heavy atom. The number of carbonyl (C=O) groups excluding carboxylic acids is 1. The lowest BCUT2D eigenvalue weighted by Gasteiger charge is -2.26. The van der Waals surface area contributed by atoms with Crippen LogP contribution in [-0.2, 0) is 12.7 Å². The van der Waals surface area contributed by atoms with Crippen molar-refractivity contribution < 1.29 is 27.9 Å². The van der Waals surface area contributed by atoms with Crippen LogP contribution < -0.4 is 5.32 Å². The Bertz CT molecular complexity index is 1640. The van der Waals surface area contributed by atoms with Crippen LogP contribution in [0.1, 0.15) is 108 Å². The van der Waals surface area contributed by atoms with E-state index >= 15 is 0 Å². The topological polar surface area (TPSA) is 66.4 Å². The van der Waals surface area contributed by atoms with Gasteiger partial charge in [0, 0.05) is 18.0 Å². The number of halogens is 3. The summed E-state index contributed by atoms with van der Waals surface area (Å²) in [5, 5.41) is 12.4. The van der Waals surface area contributed by atoms with Crippen LogP contribution in [0.25, 0.3) is 5.57 Å². The van der Waals surface area contributed by atoms with Gasteiger partial charge < -0.3 is 10.4 Å². The molecule has 236 valence electrons. The maximum atomic E-state index is 13.1. The molecule has 0 saturated carbocycles. The monoisotopic (exact) mass is 615 g/mol. The van der Waals surface area contributed by atoms with Gasteiger partial charge in [-0.05, 0) is 104 Å². The fraction of sp³-hybridized carbons (Fsp3) is 0.316. The molecule has 0 heterocycles. The van der Waals surface area contributed by atoms with Gasteiger partial charge in [-0.3, -0.25) is 4.79 Å². The lowest BCUT2D eigenvalue weighted by molar-refractivity contribution is -0.137. The molecule has 0 spiro atoms. The summed E-state index contributed by atoms with van der Waals surface area (Å²) >= 11 is 0. The highest BCUT2D eigenvalue weighted by atomic mass is 19.4. The van der Waals surface area contributed by atoms with Gasteiger partial charge in [0.15, 0.2) is 0 Å². The summed E-state index contributed by atoms with van der Waals surface area (Å²) in [5.41, 5.74) is 7.13. The molecule has 3 aromatic rings. The molecule has 4 nitrogen and oxygen atoms in total.